The molecule has 0 aliphatic heterocycles. The molecule has 2 saturated carbocycles. The molecule has 2 bridgehead atoms. The van der Waals surface area contributed by atoms with Crippen molar-refractivity contribution in [1.29, 1.82) is 0 Å². The molecule has 1 aromatic carbocycles. The first-order valence-corrected chi connectivity index (χ1v) is 10.2. The summed E-state index contributed by atoms with van der Waals surface area (Å²) in [4.78, 5) is 33.4. The number of carbonyl (C=O) groups excluding carboxylic acids is 1. The van der Waals surface area contributed by atoms with Gasteiger partial charge in [0.15, 0.2) is 0 Å². The van der Waals surface area contributed by atoms with E-state index >= 15 is 0 Å². The van der Waals surface area contributed by atoms with Crippen LogP contribution in [-0.4, -0.2) is 21.9 Å². The van der Waals surface area contributed by atoms with Crippen LogP contribution < -0.4 is 10.9 Å². The number of aromatic nitrogens is 2. The van der Waals surface area contributed by atoms with Crippen LogP contribution in [0.3, 0.4) is 0 Å². The predicted octanol–water partition coefficient (Wildman–Crippen LogP) is 3.28. The molecule has 3 aliphatic carbocycles. The van der Waals surface area contributed by atoms with Gasteiger partial charge in [0, 0.05) is 12.0 Å². The molecule has 0 unspecified atom stereocenters. The molecule has 140 valence electrons. The molecular weight excluding hydrogens is 338 g/mol. The Labute approximate surface area is 158 Å². The number of hydrogen-bond donors (Lipinski definition) is 2. The lowest BCUT2D eigenvalue weighted by molar-refractivity contribution is -0.127. The van der Waals surface area contributed by atoms with E-state index in [0.717, 1.165) is 19.3 Å². The first kappa shape index (κ1) is 16.7. The van der Waals surface area contributed by atoms with Gasteiger partial charge in [-0.2, -0.15) is 0 Å². The number of carbonyl (C=O) groups is 1. The number of fused-ring (bicyclic) bond motifs is 3. The van der Waals surface area contributed by atoms with Crippen molar-refractivity contribution in [2.24, 2.45) is 17.8 Å². The van der Waals surface area contributed by atoms with Crippen LogP contribution in [0.25, 0.3) is 10.9 Å². The second kappa shape index (κ2) is 6.63. The molecular formula is C22H25N3O2. The minimum atomic E-state index is -0.133. The number of para-hydroxylation sites is 1. The quantitative estimate of drug-likeness (QED) is 0.822. The van der Waals surface area contributed by atoms with Crippen molar-refractivity contribution in [3.05, 3.63) is 52.6 Å². The second-order valence-electron chi connectivity index (χ2n) is 8.31. The molecule has 3 aliphatic rings. The summed E-state index contributed by atoms with van der Waals surface area (Å²) in [5, 5.41) is 3.90. The van der Waals surface area contributed by atoms with E-state index in [2.05, 4.69) is 22.5 Å². The van der Waals surface area contributed by atoms with Gasteiger partial charge in [0.05, 0.1) is 16.8 Å². The number of benzene rings is 1. The van der Waals surface area contributed by atoms with Crippen LogP contribution in [0.15, 0.2) is 41.2 Å². The van der Waals surface area contributed by atoms with Crippen LogP contribution in [0, 0.1) is 17.8 Å². The Morgan fingerprint density at radius 2 is 1.85 bits per heavy atom. The SMILES string of the molecule is O=C(NC1CCCCC1)[C@H]1[C@@H](c2nc3ccccc3c(=O)[nH]2)[C@@H]2C=C[C@H]1C2. The third-order valence-electron chi connectivity index (χ3n) is 6.66. The first-order chi connectivity index (χ1) is 13.2. The number of rotatable bonds is 3. The average Bonchev–Trinajstić information content (AvgIpc) is 3.30. The fourth-order valence-electron chi connectivity index (χ4n) is 5.36. The van der Waals surface area contributed by atoms with E-state index in [9.17, 15) is 9.59 Å². The highest BCUT2D eigenvalue weighted by Crippen LogP contribution is 2.52. The monoisotopic (exact) mass is 363 g/mol. The van der Waals surface area contributed by atoms with Gasteiger partial charge >= 0.3 is 0 Å². The van der Waals surface area contributed by atoms with Crippen molar-refractivity contribution in [1.82, 2.24) is 15.3 Å². The number of aromatic amines is 1. The number of allylic oxidation sites excluding steroid dienone is 2. The molecule has 5 rings (SSSR count). The zero-order valence-corrected chi connectivity index (χ0v) is 15.4. The summed E-state index contributed by atoms with van der Waals surface area (Å²) in [6.45, 7) is 0. The van der Waals surface area contributed by atoms with Crippen LogP contribution in [-0.2, 0) is 4.79 Å². The maximum Gasteiger partial charge on any atom is 0.258 e. The van der Waals surface area contributed by atoms with Crippen molar-refractivity contribution in [3.8, 4) is 0 Å². The summed E-state index contributed by atoms with van der Waals surface area (Å²) >= 11 is 0. The normalized spacial score (nSPS) is 30.1. The number of nitrogens with zero attached hydrogens (tertiary/aromatic N) is 1. The lowest BCUT2D eigenvalue weighted by Crippen LogP contribution is -2.43. The molecule has 1 amide bonds. The fraction of sp³-hybridized carbons (Fsp3) is 0.500. The van der Waals surface area contributed by atoms with E-state index in [-0.39, 0.29) is 35.1 Å². The Balaban J connectivity index is 1.48. The Bertz CT molecular complexity index is 957. The molecule has 2 N–H and O–H groups in total. The van der Waals surface area contributed by atoms with Crippen molar-refractivity contribution in [3.63, 3.8) is 0 Å². The summed E-state index contributed by atoms with van der Waals surface area (Å²) < 4.78 is 0. The molecule has 27 heavy (non-hydrogen) atoms. The first-order valence-electron chi connectivity index (χ1n) is 10.2. The second-order valence-corrected chi connectivity index (χ2v) is 8.31. The third kappa shape index (κ3) is 2.89. The van der Waals surface area contributed by atoms with Crippen molar-refractivity contribution < 1.29 is 4.79 Å². The lowest BCUT2D eigenvalue weighted by atomic mass is 9.81. The molecule has 4 atom stereocenters. The topological polar surface area (TPSA) is 74.8 Å². The van der Waals surface area contributed by atoms with Gasteiger partial charge in [-0.15, -0.1) is 0 Å². The molecule has 1 aromatic heterocycles. The van der Waals surface area contributed by atoms with Gasteiger partial charge in [-0.05, 0) is 43.2 Å². The summed E-state index contributed by atoms with van der Waals surface area (Å²) in [7, 11) is 0. The lowest BCUT2D eigenvalue weighted by Gasteiger charge is -2.30. The molecule has 2 fully saturated rings. The summed E-state index contributed by atoms with van der Waals surface area (Å²) in [6, 6.07) is 7.71. The average molecular weight is 363 g/mol. The summed E-state index contributed by atoms with van der Waals surface area (Å²) in [6.07, 6.45) is 11.2. The van der Waals surface area contributed by atoms with Gasteiger partial charge in [0.1, 0.15) is 5.82 Å². The van der Waals surface area contributed by atoms with Crippen LogP contribution in [0.4, 0.5) is 0 Å². The smallest absolute Gasteiger partial charge is 0.258 e. The highest BCUT2D eigenvalue weighted by atomic mass is 16.2. The fourth-order valence-corrected chi connectivity index (χ4v) is 5.36. The molecule has 1 heterocycles. The van der Waals surface area contributed by atoms with E-state index in [1.54, 1.807) is 6.07 Å². The molecule has 5 heteroatoms. The maximum absolute atomic E-state index is 13.2. The Morgan fingerprint density at radius 1 is 1.07 bits per heavy atom. The number of hydrogen-bond acceptors (Lipinski definition) is 3. The highest BCUT2D eigenvalue weighted by Gasteiger charge is 2.50. The van der Waals surface area contributed by atoms with Crippen molar-refractivity contribution in [2.45, 2.75) is 50.5 Å². The zero-order valence-electron chi connectivity index (χ0n) is 15.4. The Hall–Kier alpha value is -2.43. The molecule has 0 saturated heterocycles. The van der Waals surface area contributed by atoms with Gasteiger partial charge in [-0.3, -0.25) is 9.59 Å². The maximum atomic E-state index is 13.2. The summed E-state index contributed by atoms with van der Waals surface area (Å²) in [5.41, 5.74) is 0.586. The van der Waals surface area contributed by atoms with Gasteiger partial charge in [-0.25, -0.2) is 4.98 Å². The van der Waals surface area contributed by atoms with Crippen LogP contribution in [0.5, 0.6) is 0 Å². The summed E-state index contributed by atoms with van der Waals surface area (Å²) in [5.74, 6) is 1.16. The van der Waals surface area contributed by atoms with Crippen LogP contribution in [0.1, 0.15) is 50.3 Å². The molecule has 2 aromatic rings. The molecule has 5 nitrogen and oxygen atoms in total. The minimum Gasteiger partial charge on any atom is -0.353 e. The van der Waals surface area contributed by atoms with Crippen LogP contribution >= 0.6 is 0 Å². The number of H-pyrrole nitrogens is 1. The number of nitrogens with one attached hydrogen (secondary N) is 2. The van der Waals surface area contributed by atoms with E-state index in [1.807, 2.05) is 18.2 Å². The van der Waals surface area contributed by atoms with E-state index in [0.29, 0.717) is 22.8 Å². The van der Waals surface area contributed by atoms with Gasteiger partial charge in [-0.1, -0.05) is 43.5 Å². The van der Waals surface area contributed by atoms with Gasteiger partial charge < -0.3 is 10.3 Å². The van der Waals surface area contributed by atoms with E-state index < -0.39 is 0 Å². The van der Waals surface area contributed by atoms with E-state index in [1.165, 1.54) is 19.3 Å². The Kier molecular flexibility index (Phi) is 4.10. The molecule has 0 radical (unpaired) electrons. The van der Waals surface area contributed by atoms with Crippen LogP contribution in [0.2, 0.25) is 0 Å². The zero-order chi connectivity index (χ0) is 18.4. The standard InChI is InChI=1S/C22H25N3O2/c26-21-16-8-4-5-9-17(16)24-20(25-21)18-13-10-11-14(12-13)19(18)22(27)23-15-6-2-1-3-7-15/h4-5,8-11,13-15,18-19H,1-3,6-7,12H2,(H,23,27)(H,24,25,26)/t13-,14+,18+,19-/m1/s1. The van der Waals surface area contributed by atoms with Crippen molar-refractivity contribution in [2.75, 3.05) is 0 Å². The van der Waals surface area contributed by atoms with E-state index in [4.69, 9.17) is 4.98 Å². The number of amides is 1. The largest absolute Gasteiger partial charge is 0.353 e. The van der Waals surface area contributed by atoms with Gasteiger partial charge in [0.2, 0.25) is 5.91 Å². The minimum absolute atomic E-state index is 0.0408. The predicted molar refractivity (Wildman–Crippen MR) is 104 cm³/mol. The Morgan fingerprint density at radius 3 is 2.70 bits per heavy atom. The van der Waals surface area contributed by atoms with Crippen molar-refractivity contribution >= 4 is 16.8 Å². The van der Waals surface area contributed by atoms with Gasteiger partial charge in [0.25, 0.3) is 5.56 Å². The third-order valence-corrected chi connectivity index (χ3v) is 6.66. The molecule has 0 spiro atoms. The highest BCUT2D eigenvalue weighted by molar-refractivity contribution is 5.82.